The van der Waals surface area contributed by atoms with Gasteiger partial charge in [0.2, 0.25) is 0 Å². The van der Waals surface area contributed by atoms with E-state index in [-0.39, 0.29) is 5.41 Å². The highest BCUT2D eigenvalue weighted by atomic mass is 79.9. The minimum atomic E-state index is -0.299. The molecule has 1 aromatic heterocycles. The maximum Gasteiger partial charge on any atom is 0.0727 e. The van der Waals surface area contributed by atoms with Crippen LogP contribution < -0.4 is 0 Å². The maximum atomic E-state index is 4.44. The SMILES string of the molecule is Brc1ccc2c(c1)C1(c3ccccc3-c3cnccc31)c1cc(Br)ccc1-2. The molecule has 0 saturated heterocycles. The van der Waals surface area contributed by atoms with Crippen molar-refractivity contribution in [3.8, 4) is 22.3 Å². The van der Waals surface area contributed by atoms with Crippen molar-refractivity contribution in [3.05, 3.63) is 110 Å². The van der Waals surface area contributed by atoms with Crippen LogP contribution in [-0.2, 0) is 5.41 Å². The van der Waals surface area contributed by atoms with Gasteiger partial charge in [-0.2, -0.15) is 0 Å². The molecule has 0 radical (unpaired) electrons. The van der Waals surface area contributed by atoms with Crippen LogP contribution in [0.1, 0.15) is 22.3 Å². The van der Waals surface area contributed by atoms with E-state index in [1.54, 1.807) is 0 Å². The Labute approximate surface area is 174 Å². The van der Waals surface area contributed by atoms with E-state index >= 15 is 0 Å². The van der Waals surface area contributed by atoms with Crippen LogP contribution in [0.5, 0.6) is 0 Å². The molecule has 0 unspecified atom stereocenters. The molecule has 0 fully saturated rings. The molecule has 0 saturated carbocycles. The molecule has 0 bridgehead atoms. The monoisotopic (exact) mass is 473 g/mol. The first kappa shape index (κ1) is 15.8. The topological polar surface area (TPSA) is 12.9 Å². The molecular weight excluding hydrogens is 462 g/mol. The van der Waals surface area contributed by atoms with Gasteiger partial charge in [-0.15, -0.1) is 0 Å². The number of halogens is 2. The summed E-state index contributed by atoms with van der Waals surface area (Å²) in [5.41, 5.74) is 10.1. The Hall–Kier alpha value is -2.23. The normalized spacial score (nSPS) is 14.6. The Morgan fingerprint density at radius 2 is 1.19 bits per heavy atom. The van der Waals surface area contributed by atoms with Gasteiger partial charge in [0.05, 0.1) is 5.41 Å². The summed E-state index contributed by atoms with van der Waals surface area (Å²) in [6, 6.07) is 24.3. The van der Waals surface area contributed by atoms with E-state index in [0.29, 0.717) is 0 Å². The summed E-state index contributed by atoms with van der Waals surface area (Å²) in [5.74, 6) is 0. The summed E-state index contributed by atoms with van der Waals surface area (Å²) in [7, 11) is 0. The van der Waals surface area contributed by atoms with Crippen LogP contribution in [0.3, 0.4) is 0 Å². The molecule has 0 N–H and O–H groups in total. The van der Waals surface area contributed by atoms with Crippen molar-refractivity contribution in [2.75, 3.05) is 0 Å². The zero-order valence-electron chi connectivity index (χ0n) is 14.2. The number of hydrogen-bond donors (Lipinski definition) is 0. The fraction of sp³-hybridized carbons (Fsp3) is 0.0417. The standard InChI is InChI=1S/C24H13Br2N/c25-14-5-7-17-18-8-6-15(26)12-23(18)24(22(17)11-14)20-4-2-1-3-16(20)19-13-27-10-9-21(19)24/h1-13H. The molecule has 3 aromatic carbocycles. The molecule has 6 rings (SSSR count). The number of pyridine rings is 1. The van der Waals surface area contributed by atoms with Crippen LogP contribution in [0.15, 0.2) is 88.1 Å². The molecule has 2 aliphatic rings. The molecule has 128 valence electrons. The van der Waals surface area contributed by atoms with Gasteiger partial charge in [0.25, 0.3) is 0 Å². The number of nitrogens with zero attached hydrogens (tertiary/aromatic N) is 1. The van der Waals surface area contributed by atoms with Gasteiger partial charge in [-0.3, -0.25) is 4.98 Å². The first-order valence-corrected chi connectivity index (χ1v) is 10.4. The highest BCUT2D eigenvalue weighted by Crippen LogP contribution is 2.62. The van der Waals surface area contributed by atoms with E-state index in [4.69, 9.17) is 0 Å². The van der Waals surface area contributed by atoms with E-state index in [1.807, 2.05) is 12.4 Å². The molecule has 0 aliphatic heterocycles. The first-order valence-electron chi connectivity index (χ1n) is 8.86. The van der Waals surface area contributed by atoms with Crippen LogP contribution in [0.2, 0.25) is 0 Å². The average Bonchev–Trinajstić information content (AvgIpc) is 3.14. The Balaban J connectivity index is 1.88. The zero-order valence-corrected chi connectivity index (χ0v) is 17.4. The quantitative estimate of drug-likeness (QED) is 0.232. The van der Waals surface area contributed by atoms with E-state index in [2.05, 4.69) is 104 Å². The lowest BCUT2D eigenvalue weighted by Crippen LogP contribution is -2.25. The summed E-state index contributed by atoms with van der Waals surface area (Å²) in [5, 5.41) is 0. The fourth-order valence-corrected chi connectivity index (χ4v) is 5.70. The molecule has 1 nitrogen and oxygen atoms in total. The molecule has 4 aromatic rings. The summed E-state index contributed by atoms with van der Waals surface area (Å²) < 4.78 is 2.21. The van der Waals surface area contributed by atoms with E-state index < -0.39 is 0 Å². The molecule has 1 heterocycles. The number of hydrogen-bond acceptors (Lipinski definition) is 1. The van der Waals surface area contributed by atoms with Crippen molar-refractivity contribution in [2.24, 2.45) is 0 Å². The van der Waals surface area contributed by atoms with Gasteiger partial charge in [-0.25, -0.2) is 0 Å². The lowest BCUT2D eigenvalue weighted by Gasteiger charge is -2.30. The third-order valence-electron chi connectivity index (χ3n) is 5.91. The van der Waals surface area contributed by atoms with Gasteiger partial charge in [0, 0.05) is 26.9 Å². The lowest BCUT2D eigenvalue weighted by atomic mass is 9.71. The molecule has 27 heavy (non-hydrogen) atoms. The minimum Gasteiger partial charge on any atom is -0.264 e. The van der Waals surface area contributed by atoms with Crippen molar-refractivity contribution in [3.63, 3.8) is 0 Å². The molecular formula is C24H13Br2N. The van der Waals surface area contributed by atoms with Crippen molar-refractivity contribution < 1.29 is 0 Å². The highest BCUT2D eigenvalue weighted by molar-refractivity contribution is 9.10. The van der Waals surface area contributed by atoms with Crippen LogP contribution >= 0.6 is 31.9 Å². The maximum absolute atomic E-state index is 4.44. The highest BCUT2D eigenvalue weighted by Gasteiger charge is 2.51. The van der Waals surface area contributed by atoms with Crippen molar-refractivity contribution in [1.82, 2.24) is 4.98 Å². The summed E-state index contributed by atoms with van der Waals surface area (Å²) >= 11 is 7.43. The first-order chi connectivity index (χ1) is 13.2. The number of benzene rings is 3. The predicted octanol–water partition coefficient (Wildman–Crippen LogP) is 6.95. The Bertz CT molecular complexity index is 1160. The van der Waals surface area contributed by atoms with E-state index in [0.717, 1.165) is 8.95 Å². The van der Waals surface area contributed by atoms with Gasteiger partial charge in [0.15, 0.2) is 0 Å². The fourth-order valence-electron chi connectivity index (χ4n) is 4.97. The molecule has 3 heteroatoms. The average molecular weight is 475 g/mol. The second-order valence-electron chi connectivity index (χ2n) is 7.10. The van der Waals surface area contributed by atoms with Crippen LogP contribution in [0.25, 0.3) is 22.3 Å². The summed E-state index contributed by atoms with van der Waals surface area (Å²) in [6.07, 6.45) is 3.93. The lowest BCUT2D eigenvalue weighted by molar-refractivity contribution is 0.791. The van der Waals surface area contributed by atoms with E-state index in [9.17, 15) is 0 Å². The van der Waals surface area contributed by atoms with Crippen molar-refractivity contribution >= 4 is 31.9 Å². The Morgan fingerprint density at radius 1 is 0.593 bits per heavy atom. The van der Waals surface area contributed by atoms with Crippen molar-refractivity contribution in [1.29, 1.82) is 0 Å². The van der Waals surface area contributed by atoms with Gasteiger partial charge in [-0.1, -0.05) is 68.3 Å². The predicted molar refractivity (Wildman–Crippen MR) is 116 cm³/mol. The van der Waals surface area contributed by atoms with Gasteiger partial charge in [0.1, 0.15) is 0 Å². The van der Waals surface area contributed by atoms with Crippen LogP contribution in [-0.4, -0.2) is 4.98 Å². The minimum absolute atomic E-state index is 0.299. The number of rotatable bonds is 0. The molecule has 0 amide bonds. The zero-order chi connectivity index (χ0) is 18.2. The van der Waals surface area contributed by atoms with E-state index in [1.165, 1.54) is 44.5 Å². The molecule has 2 aliphatic carbocycles. The number of fused-ring (bicyclic) bond motifs is 10. The largest absolute Gasteiger partial charge is 0.264 e. The van der Waals surface area contributed by atoms with Gasteiger partial charge >= 0.3 is 0 Å². The van der Waals surface area contributed by atoms with Gasteiger partial charge in [-0.05, 0) is 69.3 Å². The third kappa shape index (κ3) is 1.86. The number of aromatic nitrogens is 1. The summed E-state index contributed by atoms with van der Waals surface area (Å²) in [6.45, 7) is 0. The van der Waals surface area contributed by atoms with Crippen molar-refractivity contribution in [2.45, 2.75) is 5.41 Å². The van der Waals surface area contributed by atoms with Crippen LogP contribution in [0, 0.1) is 0 Å². The second-order valence-corrected chi connectivity index (χ2v) is 8.93. The smallest absolute Gasteiger partial charge is 0.0727 e. The Kier molecular flexibility index (Phi) is 3.16. The summed E-state index contributed by atoms with van der Waals surface area (Å²) in [4.78, 5) is 4.44. The molecule has 1 spiro atoms. The van der Waals surface area contributed by atoms with Crippen LogP contribution in [0.4, 0.5) is 0 Å². The molecule has 0 atom stereocenters. The second kappa shape index (κ2) is 5.40. The third-order valence-corrected chi connectivity index (χ3v) is 6.89. The van der Waals surface area contributed by atoms with Gasteiger partial charge < -0.3 is 0 Å². The Morgan fingerprint density at radius 3 is 1.89 bits per heavy atom.